The van der Waals surface area contributed by atoms with E-state index in [9.17, 15) is 14.9 Å². The molecule has 6 nitrogen and oxygen atoms in total. The van der Waals surface area contributed by atoms with Gasteiger partial charge in [-0.15, -0.1) is 0 Å². The van der Waals surface area contributed by atoms with Crippen LogP contribution >= 0.6 is 23.2 Å². The molecule has 0 saturated heterocycles. The van der Waals surface area contributed by atoms with Crippen LogP contribution in [0.15, 0.2) is 71.7 Å². The first-order valence-electron chi connectivity index (χ1n) is 8.34. The molecule has 4 aromatic rings. The van der Waals surface area contributed by atoms with Gasteiger partial charge in [0.05, 0.1) is 38.2 Å². The Morgan fingerprint density at radius 2 is 1.61 bits per heavy atom. The van der Waals surface area contributed by atoms with Crippen LogP contribution in [-0.4, -0.2) is 14.1 Å². The van der Waals surface area contributed by atoms with Gasteiger partial charge in [0, 0.05) is 24.4 Å². The lowest BCUT2D eigenvalue weighted by atomic mass is 10.2. The highest BCUT2D eigenvalue weighted by atomic mass is 35.5. The average molecular weight is 414 g/mol. The van der Waals surface area contributed by atoms with Gasteiger partial charge in [0.25, 0.3) is 11.2 Å². The van der Waals surface area contributed by atoms with Gasteiger partial charge in [-0.25, -0.2) is 0 Å². The number of rotatable bonds is 4. The summed E-state index contributed by atoms with van der Waals surface area (Å²) in [6, 6.07) is 17.1. The van der Waals surface area contributed by atoms with Gasteiger partial charge in [0.15, 0.2) is 0 Å². The zero-order valence-corrected chi connectivity index (χ0v) is 15.9. The maximum absolute atomic E-state index is 12.5. The fourth-order valence-electron chi connectivity index (χ4n) is 3.20. The first-order valence-corrected chi connectivity index (χ1v) is 9.10. The quantitative estimate of drug-likeness (QED) is 0.346. The molecule has 0 saturated carbocycles. The summed E-state index contributed by atoms with van der Waals surface area (Å²) in [5, 5.41) is 11.3. The van der Waals surface area contributed by atoms with Crippen molar-refractivity contribution in [3.63, 3.8) is 0 Å². The minimum absolute atomic E-state index is 0.130. The van der Waals surface area contributed by atoms with E-state index in [1.165, 1.54) is 18.2 Å². The third-order valence-electron chi connectivity index (χ3n) is 4.48. The van der Waals surface area contributed by atoms with Crippen molar-refractivity contribution < 1.29 is 4.92 Å². The zero-order valence-electron chi connectivity index (χ0n) is 14.4. The maximum atomic E-state index is 12.5. The number of hydrogen-bond donors (Lipinski definition) is 0. The summed E-state index contributed by atoms with van der Waals surface area (Å²) in [6.45, 7) is 0.419. The monoisotopic (exact) mass is 413 g/mol. The number of nitro benzene ring substituents is 1. The molecule has 28 heavy (non-hydrogen) atoms. The number of nitrogens with zero attached hydrogens (tertiary/aromatic N) is 3. The molecule has 0 aliphatic heterocycles. The molecule has 0 fully saturated rings. The number of aromatic nitrogens is 2. The van der Waals surface area contributed by atoms with E-state index in [4.69, 9.17) is 23.2 Å². The van der Waals surface area contributed by atoms with Gasteiger partial charge in [0.1, 0.15) is 0 Å². The highest BCUT2D eigenvalue weighted by molar-refractivity contribution is 6.38. The highest BCUT2D eigenvalue weighted by Crippen LogP contribution is 2.35. The molecule has 0 aliphatic carbocycles. The minimum atomic E-state index is -0.549. The molecule has 0 unspecified atom stereocenters. The van der Waals surface area contributed by atoms with Crippen molar-refractivity contribution >= 4 is 39.9 Å². The Balaban J connectivity index is 1.89. The molecule has 8 heteroatoms. The Bertz CT molecular complexity index is 1240. The molecule has 140 valence electrons. The van der Waals surface area contributed by atoms with E-state index >= 15 is 0 Å². The van der Waals surface area contributed by atoms with E-state index in [1.807, 2.05) is 30.3 Å². The zero-order chi connectivity index (χ0) is 19.8. The van der Waals surface area contributed by atoms with E-state index < -0.39 is 4.92 Å². The molecule has 0 bridgehead atoms. The normalized spacial score (nSPS) is 11.1. The lowest BCUT2D eigenvalue weighted by molar-refractivity contribution is -0.384. The van der Waals surface area contributed by atoms with Crippen molar-refractivity contribution in [1.82, 2.24) is 9.13 Å². The van der Waals surface area contributed by atoms with Crippen LogP contribution in [0.2, 0.25) is 10.0 Å². The molecule has 0 amide bonds. The molecule has 0 radical (unpaired) electrons. The Morgan fingerprint density at radius 3 is 2.25 bits per heavy atom. The molecule has 0 spiro atoms. The topological polar surface area (TPSA) is 70.1 Å². The SMILES string of the molecule is O=c1ccc2c(ccn2-c2c(Cl)cc([N+](=O)[O-])cc2Cl)n1Cc1ccccc1. The van der Waals surface area contributed by atoms with Gasteiger partial charge in [-0.3, -0.25) is 14.9 Å². The van der Waals surface area contributed by atoms with Gasteiger partial charge in [-0.2, -0.15) is 0 Å². The second kappa shape index (κ2) is 7.14. The molecular weight excluding hydrogens is 401 g/mol. The predicted octanol–water partition coefficient (Wildman–Crippen LogP) is 5.06. The second-order valence-electron chi connectivity index (χ2n) is 6.21. The summed E-state index contributed by atoms with van der Waals surface area (Å²) in [7, 11) is 0. The van der Waals surface area contributed by atoms with E-state index in [2.05, 4.69) is 0 Å². The number of nitro groups is 1. The van der Waals surface area contributed by atoms with Crippen molar-refractivity contribution in [3.05, 3.63) is 103 Å². The second-order valence-corrected chi connectivity index (χ2v) is 7.03. The summed E-state index contributed by atoms with van der Waals surface area (Å²) < 4.78 is 3.39. The third-order valence-corrected chi connectivity index (χ3v) is 5.06. The van der Waals surface area contributed by atoms with Gasteiger partial charge in [-0.05, 0) is 17.7 Å². The van der Waals surface area contributed by atoms with E-state index in [1.54, 1.807) is 27.5 Å². The minimum Gasteiger partial charge on any atom is -0.312 e. The summed E-state index contributed by atoms with van der Waals surface area (Å²) in [5.41, 5.74) is 2.53. The molecule has 2 aromatic carbocycles. The van der Waals surface area contributed by atoms with Crippen LogP contribution in [0.4, 0.5) is 5.69 Å². The molecule has 4 rings (SSSR count). The van der Waals surface area contributed by atoms with Gasteiger partial charge in [0.2, 0.25) is 0 Å². The number of non-ortho nitro benzene ring substituents is 1. The maximum Gasteiger partial charge on any atom is 0.272 e. The van der Waals surface area contributed by atoms with Gasteiger partial charge in [-0.1, -0.05) is 53.5 Å². The number of benzene rings is 2. The summed E-state index contributed by atoms with van der Waals surface area (Å²) >= 11 is 12.6. The Kier molecular flexibility index (Phi) is 4.66. The fourth-order valence-corrected chi connectivity index (χ4v) is 3.86. The molecule has 2 aromatic heterocycles. The molecule has 2 heterocycles. The van der Waals surface area contributed by atoms with Crippen LogP contribution in [-0.2, 0) is 6.54 Å². The lowest BCUT2D eigenvalue weighted by Gasteiger charge is -2.12. The van der Waals surface area contributed by atoms with Crippen LogP contribution in [0.25, 0.3) is 16.7 Å². The number of halogens is 2. The van der Waals surface area contributed by atoms with Gasteiger partial charge < -0.3 is 9.13 Å². The van der Waals surface area contributed by atoms with Crippen molar-refractivity contribution in [1.29, 1.82) is 0 Å². The lowest BCUT2D eigenvalue weighted by Crippen LogP contribution is -2.19. The van der Waals surface area contributed by atoms with E-state index in [-0.39, 0.29) is 21.3 Å². The summed E-state index contributed by atoms with van der Waals surface area (Å²) in [5.74, 6) is 0. The summed E-state index contributed by atoms with van der Waals surface area (Å²) in [4.78, 5) is 22.9. The van der Waals surface area contributed by atoms with Crippen LogP contribution in [0.5, 0.6) is 0 Å². The Labute approximate surface area is 169 Å². The first kappa shape index (κ1) is 18.3. The average Bonchev–Trinajstić information content (AvgIpc) is 3.08. The number of hydrogen-bond acceptors (Lipinski definition) is 3. The largest absolute Gasteiger partial charge is 0.312 e. The van der Waals surface area contributed by atoms with Crippen LogP contribution in [0.3, 0.4) is 0 Å². The van der Waals surface area contributed by atoms with Crippen LogP contribution in [0.1, 0.15) is 5.56 Å². The van der Waals surface area contributed by atoms with Crippen LogP contribution < -0.4 is 5.56 Å². The smallest absolute Gasteiger partial charge is 0.272 e. The third kappa shape index (κ3) is 3.17. The first-order chi connectivity index (χ1) is 13.5. The van der Waals surface area contributed by atoms with Crippen molar-refractivity contribution in [2.75, 3.05) is 0 Å². The van der Waals surface area contributed by atoms with Gasteiger partial charge >= 0.3 is 0 Å². The van der Waals surface area contributed by atoms with Crippen molar-refractivity contribution in [2.45, 2.75) is 6.54 Å². The predicted molar refractivity (Wildman–Crippen MR) is 110 cm³/mol. The van der Waals surface area contributed by atoms with E-state index in [0.29, 0.717) is 23.3 Å². The van der Waals surface area contributed by atoms with E-state index in [0.717, 1.165) is 5.56 Å². The standard InChI is InChI=1S/C20H13Cl2N3O3/c21-15-10-14(25(27)28)11-16(22)20(15)23-9-8-18-17(23)6-7-19(26)24(18)12-13-4-2-1-3-5-13/h1-11H,12H2. The molecule has 0 aliphatic rings. The fraction of sp³-hybridized carbons (Fsp3) is 0.0500. The van der Waals surface area contributed by atoms with Crippen molar-refractivity contribution in [3.8, 4) is 5.69 Å². The molecular formula is C20H13Cl2N3O3. The number of fused-ring (bicyclic) bond motifs is 1. The summed E-state index contributed by atoms with van der Waals surface area (Å²) in [6.07, 6.45) is 1.74. The molecule has 0 atom stereocenters. The van der Waals surface area contributed by atoms with Crippen molar-refractivity contribution in [2.24, 2.45) is 0 Å². The number of pyridine rings is 1. The highest BCUT2D eigenvalue weighted by Gasteiger charge is 2.18. The Hall–Kier alpha value is -3.09. The molecule has 0 N–H and O–H groups in total. The Morgan fingerprint density at radius 1 is 0.929 bits per heavy atom. The van der Waals surface area contributed by atoms with Crippen LogP contribution in [0, 0.1) is 10.1 Å².